The van der Waals surface area contributed by atoms with Crippen molar-refractivity contribution in [2.75, 3.05) is 4.90 Å². The van der Waals surface area contributed by atoms with Crippen LogP contribution in [-0.2, 0) is 0 Å². The molecule has 0 atom stereocenters. The predicted octanol–water partition coefficient (Wildman–Crippen LogP) is 15.3. The van der Waals surface area contributed by atoms with E-state index in [1.54, 1.807) is 0 Å². The van der Waals surface area contributed by atoms with Crippen LogP contribution in [0.3, 0.4) is 0 Å². The van der Waals surface area contributed by atoms with Crippen LogP contribution in [0.5, 0.6) is 0 Å². The molecule has 64 heavy (non-hydrogen) atoms. The molecule has 0 N–H and O–H groups in total. The molecule has 5 nitrogen and oxygen atoms in total. The van der Waals surface area contributed by atoms with Crippen LogP contribution in [0, 0.1) is 11.3 Å². The third-order valence-electron chi connectivity index (χ3n) is 11.9. The zero-order valence-electron chi connectivity index (χ0n) is 34.8. The number of para-hydroxylation sites is 2. The fraction of sp³-hybridized carbons (Fsp3) is 0. The third kappa shape index (κ3) is 7.26. The van der Waals surface area contributed by atoms with Crippen LogP contribution >= 0.6 is 0 Å². The van der Waals surface area contributed by atoms with Gasteiger partial charge >= 0.3 is 0 Å². The van der Waals surface area contributed by atoms with Gasteiger partial charge in [-0.3, -0.25) is 0 Å². The number of rotatable bonds is 9. The molecule has 0 spiro atoms. The summed E-state index contributed by atoms with van der Waals surface area (Å²) in [6, 6.07) is 84.5. The Balaban J connectivity index is 0.873. The minimum Gasteiger partial charge on any atom is -0.310 e. The zero-order chi connectivity index (χ0) is 42.8. The molecule has 0 aliphatic rings. The van der Waals surface area contributed by atoms with E-state index in [-0.39, 0.29) is 0 Å². The summed E-state index contributed by atoms with van der Waals surface area (Å²) >= 11 is 0. The summed E-state index contributed by atoms with van der Waals surface area (Å²) < 4.78 is 2.35. The molecular formula is C59H39N5. The largest absolute Gasteiger partial charge is 0.310 e. The molecule has 11 aromatic rings. The van der Waals surface area contributed by atoms with Crippen LogP contribution in [-0.4, -0.2) is 14.5 Å². The van der Waals surface area contributed by atoms with Gasteiger partial charge in [-0.05, 0) is 101 Å². The summed E-state index contributed by atoms with van der Waals surface area (Å²) in [7, 11) is 0. The molecule has 0 aliphatic carbocycles. The molecule has 0 fully saturated rings. The molecule has 2 aromatic heterocycles. The van der Waals surface area contributed by atoms with Crippen molar-refractivity contribution in [2.24, 2.45) is 0 Å². The Morgan fingerprint density at radius 3 is 1.41 bits per heavy atom. The molecular weight excluding hydrogens is 779 g/mol. The summed E-state index contributed by atoms with van der Waals surface area (Å²) in [5.41, 5.74) is 16.6. The van der Waals surface area contributed by atoms with Gasteiger partial charge in [-0.15, -0.1) is 0 Å². The number of hydrogen-bond acceptors (Lipinski definition) is 4. The van der Waals surface area contributed by atoms with Crippen LogP contribution < -0.4 is 4.90 Å². The van der Waals surface area contributed by atoms with Crippen molar-refractivity contribution >= 4 is 38.9 Å². The Bertz CT molecular complexity index is 3390. The molecule has 2 heterocycles. The van der Waals surface area contributed by atoms with Crippen LogP contribution in [0.1, 0.15) is 5.56 Å². The van der Waals surface area contributed by atoms with Crippen molar-refractivity contribution in [3.05, 3.63) is 242 Å². The Kier molecular flexibility index (Phi) is 9.85. The summed E-state index contributed by atoms with van der Waals surface area (Å²) in [6.07, 6.45) is 0. The lowest BCUT2D eigenvalue weighted by atomic mass is 9.98. The van der Waals surface area contributed by atoms with Crippen molar-refractivity contribution < 1.29 is 0 Å². The molecule has 11 rings (SSSR count). The lowest BCUT2D eigenvalue weighted by Crippen LogP contribution is -2.09. The predicted molar refractivity (Wildman–Crippen MR) is 263 cm³/mol. The highest BCUT2D eigenvalue weighted by Crippen LogP contribution is 2.40. The van der Waals surface area contributed by atoms with Gasteiger partial charge in [0.1, 0.15) is 0 Å². The number of hydrogen-bond donors (Lipinski definition) is 0. The normalized spacial score (nSPS) is 11.1. The highest BCUT2D eigenvalue weighted by molar-refractivity contribution is 6.10. The Morgan fingerprint density at radius 2 is 0.812 bits per heavy atom. The minimum atomic E-state index is 0.635. The molecule has 0 bridgehead atoms. The molecule has 9 aromatic carbocycles. The first kappa shape index (κ1) is 38.1. The van der Waals surface area contributed by atoms with Crippen LogP contribution in [0.4, 0.5) is 17.1 Å². The lowest BCUT2D eigenvalue weighted by Gasteiger charge is -2.25. The monoisotopic (exact) mass is 817 g/mol. The maximum absolute atomic E-state index is 9.46. The van der Waals surface area contributed by atoms with E-state index in [2.05, 4.69) is 185 Å². The molecule has 0 unspecified atom stereocenters. The second-order valence-corrected chi connectivity index (χ2v) is 15.8. The molecule has 0 amide bonds. The van der Waals surface area contributed by atoms with E-state index < -0.39 is 0 Å². The minimum absolute atomic E-state index is 0.635. The number of anilines is 3. The maximum atomic E-state index is 9.46. The van der Waals surface area contributed by atoms with Crippen molar-refractivity contribution in [3.8, 4) is 67.9 Å². The first-order valence-electron chi connectivity index (χ1n) is 21.4. The van der Waals surface area contributed by atoms with E-state index in [0.717, 1.165) is 84.1 Å². The SMILES string of the molecule is N#Cc1ccc(N(c2ccccc2)c2ccc3c(c2)c2ccccc2n3-c2ccc(-c3ccc(-c4ccc(-c5cc(-c6ccccc6)nc(-c6ccccc6)n5)cc4)cc3)cc2)cc1. The average molecular weight is 818 g/mol. The number of aromatic nitrogens is 3. The first-order valence-corrected chi connectivity index (χ1v) is 21.4. The smallest absolute Gasteiger partial charge is 0.160 e. The van der Waals surface area contributed by atoms with Gasteiger partial charge in [0, 0.05) is 50.2 Å². The van der Waals surface area contributed by atoms with Gasteiger partial charge in [-0.1, -0.05) is 158 Å². The number of fused-ring (bicyclic) bond motifs is 3. The van der Waals surface area contributed by atoms with Crippen LogP contribution in [0.15, 0.2) is 237 Å². The average Bonchev–Trinajstić information content (AvgIpc) is 3.71. The van der Waals surface area contributed by atoms with Gasteiger partial charge in [0.05, 0.1) is 34.1 Å². The van der Waals surface area contributed by atoms with Gasteiger partial charge in [-0.25, -0.2) is 9.97 Å². The summed E-state index contributed by atoms with van der Waals surface area (Å²) in [6.45, 7) is 0. The molecule has 0 saturated heterocycles. The number of nitriles is 1. The first-order chi connectivity index (χ1) is 31.7. The molecule has 0 radical (unpaired) electrons. The topological polar surface area (TPSA) is 57.7 Å². The lowest BCUT2D eigenvalue weighted by molar-refractivity contribution is 1.18. The second kappa shape index (κ2) is 16.5. The maximum Gasteiger partial charge on any atom is 0.160 e. The quantitative estimate of drug-likeness (QED) is 0.146. The summed E-state index contributed by atoms with van der Waals surface area (Å²) in [5, 5.41) is 11.8. The van der Waals surface area contributed by atoms with Gasteiger partial charge in [0.25, 0.3) is 0 Å². The molecule has 0 saturated carbocycles. The van der Waals surface area contributed by atoms with E-state index in [9.17, 15) is 5.26 Å². The van der Waals surface area contributed by atoms with Gasteiger partial charge < -0.3 is 9.47 Å². The van der Waals surface area contributed by atoms with Crippen molar-refractivity contribution in [1.82, 2.24) is 14.5 Å². The van der Waals surface area contributed by atoms with Crippen molar-refractivity contribution in [2.45, 2.75) is 0 Å². The highest BCUT2D eigenvalue weighted by atomic mass is 15.1. The fourth-order valence-electron chi connectivity index (χ4n) is 8.65. The summed E-state index contributed by atoms with van der Waals surface area (Å²) in [5.74, 6) is 0.709. The van der Waals surface area contributed by atoms with Gasteiger partial charge in [-0.2, -0.15) is 5.26 Å². The van der Waals surface area contributed by atoms with Crippen LogP contribution in [0.2, 0.25) is 0 Å². The van der Waals surface area contributed by atoms with Gasteiger partial charge in [0.15, 0.2) is 5.82 Å². The third-order valence-corrected chi connectivity index (χ3v) is 11.9. The van der Waals surface area contributed by atoms with Crippen molar-refractivity contribution in [3.63, 3.8) is 0 Å². The van der Waals surface area contributed by atoms with E-state index in [1.165, 1.54) is 10.8 Å². The summed E-state index contributed by atoms with van der Waals surface area (Å²) in [4.78, 5) is 12.2. The number of benzene rings is 9. The van der Waals surface area contributed by atoms with E-state index in [1.807, 2.05) is 66.7 Å². The van der Waals surface area contributed by atoms with E-state index in [0.29, 0.717) is 11.4 Å². The molecule has 5 heteroatoms. The van der Waals surface area contributed by atoms with E-state index >= 15 is 0 Å². The van der Waals surface area contributed by atoms with Gasteiger partial charge in [0.2, 0.25) is 0 Å². The Morgan fingerprint density at radius 1 is 0.359 bits per heavy atom. The number of nitrogens with zero attached hydrogens (tertiary/aromatic N) is 5. The second-order valence-electron chi connectivity index (χ2n) is 15.8. The Hall–Kier alpha value is -8.85. The fourth-order valence-corrected chi connectivity index (χ4v) is 8.65. The molecule has 0 aliphatic heterocycles. The Labute approximate surface area is 372 Å². The highest BCUT2D eigenvalue weighted by Gasteiger charge is 2.18. The van der Waals surface area contributed by atoms with E-state index in [4.69, 9.17) is 9.97 Å². The standard InChI is InChI=1S/C59H39N5/c60-40-41-20-32-50(33-21-41)63(49-16-8-3-9-17-49)52-36-37-58-54(38-52)53-18-10-11-19-57(53)64(58)51-34-30-45(31-35-51)43-24-22-42(23-25-43)44-26-28-47(29-27-44)56-39-55(46-12-4-1-5-13-46)61-59(62-56)48-14-6-2-7-15-48/h1-39H. The zero-order valence-corrected chi connectivity index (χ0v) is 34.8. The van der Waals surface area contributed by atoms with Crippen molar-refractivity contribution in [1.29, 1.82) is 5.26 Å². The molecule has 300 valence electrons. The van der Waals surface area contributed by atoms with Crippen LogP contribution in [0.25, 0.3) is 83.6 Å².